The molecular weight excluding hydrogens is 312 g/mol. The number of carbonyl (C=O) groups is 1. The van der Waals surface area contributed by atoms with Gasteiger partial charge in [0.1, 0.15) is 4.75 Å². The first kappa shape index (κ1) is 16.5. The second-order valence-corrected chi connectivity index (χ2v) is 9.15. The first-order valence-electron chi connectivity index (χ1n) is 8.11. The highest BCUT2D eigenvalue weighted by Gasteiger charge is 2.53. The van der Waals surface area contributed by atoms with E-state index < -0.39 is 14.6 Å². The quantitative estimate of drug-likeness (QED) is 0.905. The third kappa shape index (κ3) is 2.78. The number of rotatable bonds is 4. The molecule has 5 nitrogen and oxygen atoms in total. The van der Waals surface area contributed by atoms with E-state index in [9.17, 15) is 13.2 Å². The second-order valence-electron chi connectivity index (χ2n) is 6.82. The van der Waals surface area contributed by atoms with E-state index in [1.165, 1.54) is 6.26 Å². The Morgan fingerprint density at radius 2 is 1.91 bits per heavy atom. The van der Waals surface area contributed by atoms with E-state index in [2.05, 4.69) is 22.3 Å². The largest absolute Gasteiger partial charge is 0.350 e. The summed E-state index contributed by atoms with van der Waals surface area (Å²) in [6.07, 6.45) is 3.70. The van der Waals surface area contributed by atoms with Gasteiger partial charge in [-0.25, -0.2) is 8.42 Å². The number of nitrogens with one attached hydrogen (secondary N) is 1. The van der Waals surface area contributed by atoms with Crippen LogP contribution in [0.3, 0.4) is 0 Å². The van der Waals surface area contributed by atoms with Gasteiger partial charge in [0.15, 0.2) is 9.84 Å². The zero-order valence-corrected chi connectivity index (χ0v) is 14.5. The summed E-state index contributed by atoms with van der Waals surface area (Å²) in [6.45, 7) is 0.885. The summed E-state index contributed by atoms with van der Waals surface area (Å²) in [6, 6.07) is 10.1. The highest BCUT2D eigenvalue weighted by Crippen LogP contribution is 2.40. The molecule has 1 aliphatic carbocycles. The van der Waals surface area contributed by atoms with Crippen molar-refractivity contribution in [1.82, 2.24) is 10.2 Å². The van der Waals surface area contributed by atoms with Gasteiger partial charge >= 0.3 is 0 Å². The highest BCUT2D eigenvalue weighted by molar-refractivity contribution is 7.93. The summed E-state index contributed by atoms with van der Waals surface area (Å²) in [5.74, 6) is -0.313. The van der Waals surface area contributed by atoms with Gasteiger partial charge in [-0.1, -0.05) is 30.3 Å². The lowest BCUT2D eigenvalue weighted by Gasteiger charge is -2.39. The number of likely N-dealkylation sites (tertiary alicyclic amines) is 1. The zero-order chi connectivity index (χ0) is 16.7. The van der Waals surface area contributed by atoms with Crippen molar-refractivity contribution in [3.63, 3.8) is 0 Å². The van der Waals surface area contributed by atoms with Gasteiger partial charge in [-0.2, -0.15) is 0 Å². The van der Waals surface area contributed by atoms with E-state index in [1.54, 1.807) is 0 Å². The SMILES string of the molecule is CN1CCC(NC(=O)C2(S(C)(=O)=O)CCC2)C1c1ccccc1. The highest BCUT2D eigenvalue weighted by atomic mass is 32.2. The van der Waals surface area contributed by atoms with Crippen LogP contribution in [0.15, 0.2) is 30.3 Å². The molecule has 126 valence electrons. The monoisotopic (exact) mass is 336 g/mol. The first-order chi connectivity index (χ1) is 10.8. The summed E-state index contributed by atoms with van der Waals surface area (Å²) >= 11 is 0. The number of hydrogen-bond donors (Lipinski definition) is 1. The molecule has 6 heteroatoms. The Morgan fingerprint density at radius 1 is 1.26 bits per heavy atom. The average Bonchev–Trinajstić information content (AvgIpc) is 2.77. The van der Waals surface area contributed by atoms with E-state index in [4.69, 9.17) is 0 Å². The molecule has 1 heterocycles. The van der Waals surface area contributed by atoms with Crippen LogP contribution in [0.2, 0.25) is 0 Å². The Morgan fingerprint density at radius 3 is 2.43 bits per heavy atom. The maximum Gasteiger partial charge on any atom is 0.241 e. The summed E-state index contributed by atoms with van der Waals surface area (Å²) in [5, 5.41) is 3.05. The molecule has 1 N–H and O–H groups in total. The Balaban J connectivity index is 1.80. The first-order valence-corrected chi connectivity index (χ1v) is 10.00. The molecule has 1 aromatic rings. The number of benzene rings is 1. The van der Waals surface area contributed by atoms with Crippen LogP contribution in [0.1, 0.15) is 37.3 Å². The number of hydrogen-bond acceptors (Lipinski definition) is 4. The van der Waals surface area contributed by atoms with Crippen molar-refractivity contribution in [2.75, 3.05) is 19.8 Å². The van der Waals surface area contributed by atoms with Crippen LogP contribution >= 0.6 is 0 Å². The van der Waals surface area contributed by atoms with Crippen molar-refractivity contribution in [3.05, 3.63) is 35.9 Å². The third-order valence-corrected chi connectivity index (χ3v) is 7.40. The van der Waals surface area contributed by atoms with E-state index >= 15 is 0 Å². The van der Waals surface area contributed by atoms with Gasteiger partial charge in [0.25, 0.3) is 0 Å². The number of sulfone groups is 1. The van der Waals surface area contributed by atoms with Gasteiger partial charge in [-0.3, -0.25) is 9.69 Å². The minimum absolute atomic E-state index is 0.0471. The van der Waals surface area contributed by atoms with Gasteiger partial charge < -0.3 is 5.32 Å². The van der Waals surface area contributed by atoms with Crippen molar-refractivity contribution >= 4 is 15.7 Å². The maximum atomic E-state index is 12.7. The van der Waals surface area contributed by atoms with E-state index in [1.807, 2.05) is 25.2 Å². The van der Waals surface area contributed by atoms with Crippen molar-refractivity contribution in [2.24, 2.45) is 0 Å². The molecule has 0 spiro atoms. The molecule has 3 rings (SSSR count). The number of amides is 1. The van der Waals surface area contributed by atoms with Crippen molar-refractivity contribution < 1.29 is 13.2 Å². The van der Waals surface area contributed by atoms with Crippen LogP contribution in [0, 0.1) is 0 Å². The summed E-state index contributed by atoms with van der Waals surface area (Å²) in [5.41, 5.74) is 1.15. The topological polar surface area (TPSA) is 66.5 Å². The van der Waals surface area contributed by atoms with E-state index in [0.29, 0.717) is 12.8 Å². The van der Waals surface area contributed by atoms with Crippen molar-refractivity contribution in [3.8, 4) is 0 Å². The molecule has 2 unspecified atom stereocenters. The van der Waals surface area contributed by atoms with Crippen molar-refractivity contribution in [1.29, 1.82) is 0 Å². The third-order valence-electron chi connectivity index (χ3n) is 5.39. The second kappa shape index (κ2) is 5.91. The molecule has 1 amide bonds. The smallest absolute Gasteiger partial charge is 0.241 e. The minimum atomic E-state index is -3.39. The van der Waals surface area contributed by atoms with E-state index in [0.717, 1.165) is 24.9 Å². The predicted molar refractivity (Wildman–Crippen MR) is 89.8 cm³/mol. The molecule has 1 saturated carbocycles. The van der Waals surface area contributed by atoms with Crippen LogP contribution in [0.4, 0.5) is 0 Å². The summed E-state index contributed by atoms with van der Waals surface area (Å²) in [4.78, 5) is 14.9. The fourth-order valence-corrected chi connectivity index (χ4v) is 5.22. The average molecular weight is 336 g/mol. The number of likely N-dealkylation sites (N-methyl/N-ethyl adjacent to an activating group) is 1. The van der Waals surface area contributed by atoms with Gasteiger partial charge in [0.2, 0.25) is 5.91 Å². The lowest BCUT2D eigenvalue weighted by molar-refractivity contribution is -0.126. The normalized spacial score (nSPS) is 27.4. The molecule has 2 fully saturated rings. The molecule has 0 aromatic heterocycles. The lowest BCUT2D eigenvalue weighted by atomic mass is 9.83. The van der Waals surface area contributed by atoms with Crippen LogP contribution in [0.25, 0.3) is 0 Å². The predicted octanol–water partition coefficient (Wildman–Crippen LogP) is 1.52. The van der Waals surface area contributed by atoms with E-state index in [-0.39, 0.29) is 18.0 Å². The molecule has 0 bridgehead atoms. The van der Waals surface area contributed by atoms with Crippen LogP contribution < -0.4 is 5.32 Å². The number of nitrogens with zero attached hydrogens (tertiary/aromatic N) is 1. The fraction of sp³-hybridized carbons (Fsp3) is 0.588. The maximum absolute atomic E-state index is 12.7. The molecule has 23 heavy (non-hydrogen) atoms. The Kier molecular flexibility index (Phi) is 4.23. The molecule has 2 atom stereocenters. The van der Waals surface area contributed by atoms with Gasteiger partial charge in [-0.15, -0.1) is 0 Å². The van der Waals surface area contributed by atoms with Crippen LogP contribution in [-0.4, -0.2) is 49.9 Å². The number of carbonyl (C=O) groups excluding carboxylic acids is 1. The zero-order valence-electron chi connectivity index (χ0n) is 13.7. The minimum Gasteiger partial charge on any atom is -0.350 e. The molecule has 0 radical (unpaired) electrons. The molecule has 1 aromatic carbocycles. The molecule has 1 aliphatic heterocycles. The van der Waals surface area contributed by atoms with Gasteiger partial charge in [0, 0.05) is 18.8 Å². The molecule has 1 saturated heterocycles. The Bertz CT molecular complexity index is 683. The summed E-state index contributed by atoms with van der Waals surface area (Å²) in [7, 11) is -1.35. The van der Waals surface area contributed by atoms with Crippen molar-refractivity contribution in [2.45, 2.75) is 42.5 Å². The van der Waals surface area contributed by atoms with Gasteiger partial charge in [-0.05, 0) is 38.3 Å². The fourth-order valence-electron chi connectivity index (χ4n) is 3.80. The van der Waals surface area contributed by atoms with Crippen LogP contribution in [0.5, 0.6) is 0 Å². The van der Waals surface area contributed by atoms with Gasteiger partial charge in [0.05, 0.1) is 6.04 Å². The molecule has 2 aliphatic rings. The lowest BCUT2D eigenvalue weighted by Crippen LogP contribution is -2.58. The molecular formula is C17H24N2O3S. The standard InChI is InChI=1S/C17H24N2O3S/c1-19-12-9-14(15(19)13-7-4-3-5-8-13)18-16(20)17(10-6-11-17)23(2,21)22/h3-5,7-8,14-15H,6,9-12H2,1-2H3,(H,18,20). The van der Waals surface area contributed by atoms with Crippen LogP contribution in [-0.2, 0) is 14.6 Å². The summed E-state index contributed by atoms with van der Waals surface area (Å²) < 4.78 is 23.0. The Labute approximate surface area is 138 Å². The Hall–Kier alpha value is -1.40.